The van der Waals surface area contributed by atoms with Crippen LogP contribution in [0.15, 0.2) is 42.5 Å². The molecular formula is C13H9FN2S. The summed E-state index contributed by atoms with van der Waals surface area (Å²) in [5.41, 5.74) is 8.22. The van der Waals surface area contributed by atoms with Crippen LogP contribution in [-0.4, -0.2) is 4.98 Å². The van der Waals surface area contributed by atoms with Crippen LogP contribution in [0.3, 0.4) is 0 Å². The molecule has 0 saturated carbocycles. The van der Waals surface area contributed by atoms with Crippen molar-refractivity contribution in [2.75, 3.05) is 5.73 Å². The quantitative estimate of drug-likeness (QED) is 0.663. The highest BCUT2D eigenvalue weighted by molar-refractivity contribution is 7.21. The largest absolute Gasteiger partial charge is 0.399 e. The molecular weight excluding hydrogens is 235 g/mol. The standard InChI is InChI=1S/C13H9FN2S/c14-9-3-1-8(2-4-9)13-16-11-7-10(15)5-6-12(11)17-13/h1-7H,15H2. The molecule has 0 amide bonds. The molecule has 0 aliphatic carbocycles. The number of fused-ring (bicyclic) bond motifs is 1. The molecule has 2 nitrogen and oxygen atoms in total. The van der Waals surface area contributed by atoms with Gasteiger partial charge in [0, 0.05) is 11.3 Å². The van der Waals surface area contributed by atoms with E-state index in [-0.39, 0.29) is 5.82 Å². The molecule has 4 heteroatoms. The molecule has 0 spiro atoms. The van der Waals surface area contributed by atoms with Crippen molar-refractivity contribution in [3.63, 3.8) is 0 Å². The number of halogens is 1. The van der Waals surface area contributed by atoms with E-state index in [1.54, 1.807) is 23.5 Å². The lowest BCUT2D eigenvalue weighted by atomic mass is 10.2. The molecule has 0 unspecified atom stereocenters. The van der Waals surface area contributed by atoms with E-state index < -0.39 is 0 Å². The van der Waals surface area contributed by atoms with Crippen LogP contribution in [0.25, 0.3) is 20.8 Å². The summed E-state index contributed by atoms with van der Waals surface area (Å²) in [4.78, 5) is 4.49. The van der Waals surface area contributed by atoms with Gasteiger partial charge < -0.3 is 5.73 Å². The highest BCUT2D eigenvalue weighted by Gasteiger charge is 2.06. The van der Waals surface area contributed by atoms with E-state index in [1.165, 1.54) is 12.1 Å². The third-order valence-electron chi connectivity index (χ3n) is 2.50. The second-order valence-corrected chi connectivity index (χ2v) is 4.78. The van der Waals surface area contributed by atoms with Crippen LogP contribution in [0.5, 0.6) is 0 Å². The van der Waals surface area contributed by atoms with Gasteiger partial charge in [-0.05, 0) is 42.5 Å². The lowest BCUT2D eigenvalue weighted by Gasteiger charge is -1.94. The highest BCUT2D eigenvalue weighted by atomic mass is 32.1. The smallest absolute Gasteiger partial charge is 0.124 e. The van der Waals surface area contributed by atoms with Crippen molar-refractivity contribution in [2.24, 2.45) is 0 Å². The summed E-state index contributed by atoms with van der Waals surface area (Å²) >= 11 is 1.58. The predicted octanol–water partition coefficient (Wildman–Crippen LogP) is 3.68. The van der Waals surface area contributed by atoms with Gasteiger partial charge in [-0.25, -0.2) is 9.37 Å². The van der Waals surface area contributed by atoms with Gasteiger partial charge in [0.05, 0.1) is 10.2 Å². The minimum atomic E-state index is -0.237. The van der Waals surface area contributed by atoms with E-state index >= 15 is 0 Å². The maximum absolute atomic E-state index is 12.8. The van der Waals surface area contributed by atoms with Gasteiger partial charge in [0.2, 0.25) is 0 Å². The van der Waals surface area contributed by atoms with Crippen molar-refractivity contribution < 1.29 is 4.39 Å². The number of aromatic nitrogens is 1. The van der Waals surface area contributed by atoms with Gasteiger partial charge in [-0.2, -0.15) is 0 Å². The zero-order valence-electron chi connectivity index (χ0n) is 8.85. The fraction of sp³-hybridized carbons (Fsp3) is 0. The van der Waals surface area contributed by atoms with Gasteiger partial charge in [-0.3, -0.25) is 0 Å². The Morgan fingerprint density at radius 3 is 2.59 bits per heavy atom. The fourth-order valence-corrected chi connectivity index (χ4v) is 2.61. The Morgan fingerprint density at radius 1 is 1.06 bits per heavy atom. The van der Waals surface area contributed by atoms with Crippen LogP contribution in [0.2, 0.25) is 0 Å². The monoisotopic (exact) mass is 244 g/mol. The second-order valence-electron chi connectivity index (χ2n) is 3.75. The third kappa shape index (κ3) is 1.87. The molecule has 1 aromatic heterocycles. The number of hydrogen-bond donors (Lipinski definition) is 1. The van der Waals surface area contributed by atoms with Gasteiger partial charge in [-0.1, -0.05) is 0 Å². The third-order valence-corrected chi connectivity index (χ3v) is 3.59. The molecule has 3 aromatic rings. The number of nitrogens with two attached hydrogens (primary N) is 1. The van der Waals surface area contributed by atoms with Crippen LogP contribution in [0.4, 0.5) is 10.1 Å². The first-order valence-corrected chi connectivity index (χ1v) is 5.96. The molecule has 17 heavy (non-hydrogen) atoms. The maximum atomic E-state index is 12.8. The van der Waals surface area contributed by atoms with E-state index in [2.05, 4.69) is 4.98 Å². The van der Waals surface area contributed by atoms with E-state index in [1.807, 2.05) is 18.2 Å². The number of anilines is 1. The Balaban J connectivity index is 2.14. The van der Waals surface area contributed by atoms with E-state index in [9.17, 15) is 4.39 Å². The molecule has 0 aliphatic rings. The number of thiazole rings is 1. The van der Waals surface area contributed by atoms with Crippen LogP contribution in [-0.2, 0) is 0 Å². The Kier molecular flexibility index (Phi) is 2.30. The average molecular weight is 244 g/mol. The average Bonchev–Trinajstić information content (AvgIpc) is 2.72. The topological polar surface area (TPSA) is 38.9 Å². The molecule has 0 fully saturated rings. The summed E-state index contributed by atoms with van der Waals surface area (Å²) in [6, 6.07) is 12.0. The van der Waals surface area contributed by atoms with Crippen molar-refractivity contribution >= 4 is 27.2 Å². The van der Waals surface area contributed by atoms with Crippen molar-refractivity contribution in [1.82, 2.24) is 4.98 Å². The van der Waals surface area contributed by atoms with Crippen molar-refractivity contribution in [1.29, 1.82) is 0 Å². The molecule has 1 heterocycles. The lowest BCUT2D eigenvalue weighted by molar-refractivity contribution is 0.628. The molecule has 3 rings (SSSR count). The van der Waals surface area contributed by atoms with Gasteiger partial charge in [-0.15, -0.1) is 11.3 Å². The molecule has 2 aromatic carbocycles. The van der Waals surface area contributed by atoms with Crippen molar-refractivity contribution in [2.45, 2.75) is 0 Å². The van der Waals surface area contributed by atoms with Crippen LogP contribution in [0.1, 0.15) is 0 Å². The van der Waals surface area contributed by atoms with E-state index in [0.29, 0.717) is 5.69 Å². The van der Waals surface area contributed by atoms with Gasteiger partial charge >= 0.3 is 0 Å². The summed E-state index contributed by atoms with van der Waals surface area (Å²) < 4.78 is 13.9. The molecule has 0 radical (unpaired) electrons. The fourth-order valence-electron chi connectivity index (χ4n) is 1.66. The van der Waals surface area contributed by atoms with Crippen LogP contribution < -0.4 is 5.73 Å². The zero-order valence-corrected chi connectivity index (χ0v) is 9.67. The predicted molar refractivity (Wildman–Crippen MR) is 69.4 cm³/mol. The summed E-state index contributed by atoms with van der Waals surface area (Å²) in [7, 11) is 0. The Bertz CT molecular complexity index is 673. The van der Waals surface area contributed by atoms with Crippen molar-refractivity contribution in [3.8, 4) is 10.6 Å². The molecule has 0 bridgehead atoms. The van der Waals surface area contributed by atoms with Crippen LogP contribution >= 0.6 is 11.3 Å². The molecule has 0 atom stereocenters. The minimum absolute atomic E-state index is 0.237. The van der Waals surface area contributed by atoms with Crippen molar-refractivity contribution in [3.05, 3.63) is 48.3 Å². The van der Waals surface area contributed by atoms with E-state index in [0.717, 1.165) is 20.8 Å². The first kappa shape index (κ1) is 10.2. The Morgan fingerprint density at radius 2 is 1.82 bits per heavy atom. The summed E-state index contributed by atoms with van der Waals surface area (Å²) in [5, 5.41) is 0.880. The highest BCUT2D eigenvalue weighted by Crippen LogP contribution is 2.30. The summed E-state index contributed by atoms with van der Waals surface area (Å²) in [5.74, 6) is -0.237. The second kappa shape index (κ2) is 3.82. The van der Waals surface area contributed by atoms with Gasteiger partial charge in [0.1, 0.15) is 10.8 Å². The summed E-state index contributed by atoms with van der Waals surface area (Å²) in [6.45, 7) is 0. The molecule has 84 valence electrons. The zero-order chi connectivity index (χ0) is 11.8. The van der Waals surface area contributed by atoms with Crippen LogP contribution in [0, 0.1) is 5.82 Å². The van der Waals surface area contributed by atoms with Gasteiger partial charge in [0.25, 0.3) is 0 Å². The molecule has 2 N–H and O–H groups in total. The SMILES string of the molecule is Nc1ccc2sc(-c3ccc(F)cc3)nc2c1. The van der Waals surface area contributed by atoms with Gasteiger partial charge in [0.15, 0.2) is 0 Å². The Hall–Kier alpha value is -1.94. The first-order valence-electron chi connectivity index (χ1n) is 5.14. The number of nitrogens with zero attached hydrogens (tertiary/aromatic N) is 1. The maximum Gasteiger partial charge on any atom is 0.124 e. The molecule has 0 saturated heterocycles. The number of nitrogen functional groups attached to an aromatic ring is 1. The summed E-state index contributed by atoms with van der Waals surface area (Å²) in [6.07, 6.45) is 0. The minimum Gasteiger partial charge on any atom is -0.399 e. The number of hydrogen-bond acceptors (Lipinski definition) is 3. The molecule has 0 aliphatic heterocycles. The van der Waals surface area contributed by atoms with E-state index in [4.69, 9.17) is 5.73 Å². The first-order chi connectivity index (χ1) is 8.22. The Labute approximate surface area is 102 Å². The lowest BCUT2D eigenvalue weighted by Crippen LogP contribution is -1.82. The number of rotatable bonds is 1. The normalized spacial score (nSPS) is 10.9. The number of benzene rings is 2.